The van der Waals surface area contributed by atoms with Crippen LogP contribution in [0.3, 0.4) is 0 Å². The zero-order valence-electron chi connectivity index (χ0n) is 16.0. The van der Waals surface area contributed by atoms with Gasteiger partial charge in [-0.25, -0.2) is 9.50 Å². The van der Waals surface area contributed by atoms with Crippen LogP contribution in [0.15, 0.2) is 36.5 Å². The molecule has 1 N–H and O–H groups in total. The summed E-state index contributed by atoms with van der Waals surface area (Å²) in [6.45, 7) is 3.47. The van der Waals surface area contributed by atoms with E-state index in [4.69, 9.17) is 9.72 Å². The number of hydrogen-bond donors (Lipinski definition) is 1. The molecule has 3 heterocycles. The lowest BCUT2D eigenvalue weighted by atomic mass is 10.0. The Balaban J connectivity index is 1.27. The highest BCUT2D eigenvalue weighted by atomic mass is 16.5. The summed E-state index contributed by atoms with van der Waals surface area (Å²) in [5.41, 5.74) is 5.80. The molecule has 0 radical (unpaired) electrons. The molecule has 1 aliphatic carbocycles. The molecule has 1 unspecified atom stereocenters. The summed E-state index contributed by atoms with van der Waals surface area (Å²) >= 11 is 0. The summed E-state index contributed by atoms with van der Waals surface area (Å²) in [6.07, 6.45) is 6.82. The molecule has 28 heavy (non-hydrogen) atoms. The average molecular weight is 378 g/mol. The van der Waals surface area contributed by atoms with Crippen LogP contribution in [0.2, 0.25) is 0 Å². The number of aliphatic hydroxyl groups is 1. The monoisotopic (exact) mass is 378 g/mol. The highest BCUT2D eigenvalue weighted by Gasteiger charge is 2.21. The van der Waals surface area contributed by atoms with Crippen molar-refractivity contribution in [2.75, 3.05) is 26.2 Å². The van der Waals surface area contributed by atoms with Gasteiger partial charge in [0.25, 0.3) is 0 Å². The minimum atomic E-state index is -0.149. The summed E-state index contributed by atoms with van der Waals surface area (Å²) in [7, 11) is 0. The van der Waals surface area contributed by atoms with Crippen LogP contribution in [0, 0.1) is 0 Å². The van der Waals surface area contributed by atoms with Crippen molar-refractivity contribution < 1.29 is 9.84 Å². The molecule has 0 bridgehead atoms. The summed E-state index contributed by atoms with van der Waals surface area (Å²) in [5.74, 6) is 0.896. The van der Waals surface area contributed by atoms with Crippen molar-refractivity contribution in [3.63, 3.8) is 0 Å². The first kappa shape index (κ1) is 17.6. The van der Waals surface area contributed by atoms with Gasteiger partial charge in [0.1, 0.15) is 5.75 Å². The molecule has 2 aromatic heterocycles. The van der Waals surface area contributed by atoms with Gasteiger partial charge in [-0.2, -0.15) is 5.10 Å². The van der Waals surface area contributed by atoms with Crippen LogP contribution in [0.4, 0.5) is 0 Å². The van der Waals surface area contributed by atoms with E-state index in [-0.39, 0.29) is 6.10 Å². The smallest absolute Gasteiger partial charge is 0.155 e. The molecule has 146 valence electrons. The largest absolute Gasteiger partial charge is 0.494 e. The van der Waals surface area contributed by atoms with E-state index in [0.29, 0.717) is 6.61 Å². The summed E-state index contributed by atoms with van der Waals surface area (Å²) in [4.78, 5) is 7.06. The standard InChI is InChI=1S/C22H26N4O2/c27-17-10-13-25(15-17)12-2-14-28-18-7-5-16(6-8-18)22-19-3-1-4-20(19)24-21-9-11-23-26(21)22/h5-9,11,17,27H,1-4,10,12-15H2. The third-order valence-corrected chi connectivity index (χ3v) is 5.82. The number of nitrogens with zero attached hydrogens (tertiary/aromatic N) is 4. The number of fused-ring (bicyclic) bond motifs is 2. The Morgan fingerprint density at radius 2 is 2.04 bits per heavy atom. The van der Waals surface area contributed by atoms with E-state index in [9.17, 15) is 5.11 Å². The van der Waals surface area contributed by atoms with Crippen LogP contribution in [0.5, 0.6) is 5.75 Å². The number of hydrogen-bond acceptors (Lipinski definition) is 5. The summed E-state index contributed by atoms with van der Waals surface area (Å²) in [6, 6.07) is 10.3. The van der Waals surface area contributed by atoms with Gasteiger partial charge in [0.05, 0.1) is 24.6 Å². The number of rotatable bonds is 6. The van der Waals surface area contributed by atoms with E-state index >= 15 is 0 Å². The molecule has 1 saturated heterocycles. The molecule has 2 aliphatic rings. The maximum Gasteiger partial charge on any atom is 0.155 e. The van der Waals surface area contributed by atoms with Gasteiger partial charge < -0.3 is 14.7 Å². The lowest BCUT2D eigenvalue weighted by Gasteiger charge is -2.15. The van der Waals surface area contributed by atoms with Gasteiger partial charge in [-0.3, -0.25) is 0 Å². The number of aryl methyl sites for hydroxylation is 1. The van der Waals surface area contributed by atoms with E-state index < -0.39 is 0 Å². The van der Waals surface area contributed by atoms with Gasteiger partial charge in [0.15, 0.2) is 5.65 Å². The van der Waals surface area contributed by atoms with Gasteiger partial charge in [-0.15, -0.1) is 0 Å². The molecule has 0 spiro atoms. The Bertz CT molecular complexity index is 967. The third-order valence-electron chi connectivity index (χ3n) is 5.82. The Morgan fingerprint density at radius 3 is 2.86 bits per heavy atom. The van der Waals surface area contributed by atoms with Gasteiger partial charge in [0, 0.05) is 42.5 Å². The molecular weight excluding hydrogens is 352 g/mol. The van der Waals surface area contributed by atoms with Crippen molar-refractivity contribution in [1.29, 1.82) is 0 Å². The fourth-order valence-electron chi connectivity index (χ4n) is 4.42. The fraction of sp³-hybridized carbons (Fsp3) is 0.455. The molecule has 3 aromatic rings. The first-order valence-corrected chi connectivity index (χ1v) is 10.3. The number of aromatic nitrogens is 3. The molecule has 6 nitrogen and oxygen atoms in total. The van der Waals surface area contributed by atoms with Crippen LogP contribution < -0.4 is 4.74 Å². The van der Waals surface area contributed by atoms with Crippen molar-refractivity contribution >= 4 is 5.65 Å². The Morgan fingerprint density at radius 1 is 1.14 bits per heavy atom. The molecule has 0 amide bonds. The highest BCUT2D eigenvalue weighted by molar-refractivity contribution is 5.68. The number of aliphatic hydroxyl groups excluding tert-OH is 1. The van der Waals surface area contributed by atoms with Crippen molar-refractivity contribution in [2.24, 2.45) is 0 Å². The molecule has 1 atom stereocenters. The Hall–Kier alpha value is -2.44. The first-order valence-electron chi connectivity index (χ1n) is 10.3. The van der Waals surface area contributed by atoms with E-state index in [1.807, 2.05) is 28.9 Å². The van der Waals surface area contributed by atoms with E-state index in [2.05, 4.69) is 22.1 Å². The maximum absolute atomic E-state index is 9.58. The van der Waals surface area contributed by atoms with Crippen molar-refractivity contribution in [1.82, 2.24) is 19.5 Å². The summed E-state index contributed by atoms with van der Waals surface area (Å²) in [5, 5.41) is 14.1. The number of β-amino-alcohol motifs (C(OH)–C–C–N with tert-alkyl or cyclic N) is 1. The number of benzene rings is 1. The Labute approximate surface area is 164 Å². The lowest BCUT2D eigenvalue weighted by molar-refractivity contribution is 0.173. The first-order chi connectivity index (χ1) is 13.8. The van der Waals surface area contributed by atoms with Crippen LogP contribution >= 0.6 is 0 Å². The summed E-state index contributed by atoms with van der Waals surface area (Å²) < 4.78 is 7.89. The predicted octanol–water partition coefficient (Wildman–Crippen LogP) is 2.72. The van der Waals surface area contributed by atoms with Crippen molar-refractivity contribution in [3.8, 4) is 17.0 Å². The minimum absolute atomic E-state index is 0.149. The van der Waals surface area contributed by atoms with E-state index in [0.717, 1.165) is 68.7 Å². The zero-order valence-corrected chi connectivity index (χ0v) is 16.0. The second-order valence-corrected chi connectivity index (χ2v) is 7.81. The molecule has 5 rings (SSSR count). The number of likely N-dealkylation sites (tertiary alicyclic amines) is 1. The molecule has 1 aliphatic heterocycles. The van der Waals surface area contributed by atoms with Crippen molar-refractivity contribution in [2.45, 2.75) is 38.2 Å². The SMILES string of the molecule is OC1CCN(CCCOc2ccc(-c3c4c(nc5ccnn35)CCC4)cc2)C1. The van der Waals surface area contributed by atoms with E-state index in [1.54, 1.807) is 0 Å². The highest BCUT2D eigenvalue weighted by Crippen LogP contribution is 2.32. The van der Waals surface area contributed by atoms with Crippen LogP contribution in [-0.4, -0.2) is 56.9 Å². The third kappa shape index (κ3) is 3.38. The predicted molar refractivity (Wildman–Crippen MR) is 108 cm³/mol. The molecular formula is C22H26N4O2. The molecule has 6 heteroatoms. The maximum atomic E-state index is 9.58. The molecule has 1 aromatic carbocycles. The fourth-order valence-corrected chi connectivity index (χ4v) is 4.42. The molecule has 1 fully saturated rings. The normalized spacial score (nSPS) is 19.4. The van der Waals surface area contributed by atoms with Crippen molar-refractivity contribution in [3.05, 3.63) is 47.8 Å². The van der Waals surface area contributed by atoms with E-state index in [1.165, 1.54) is 17.0 Å². The van der Waals surface area contributed by atoms with Crippen LogP contribution in [0.25, 0.3) is 16.9 Å². The van der Waals surface area contributed by atoms with Gasteiger partial charge >= 0.3 is 0 Å². The number of ether oxygens (including phenoxy) is 1. The van der Waals surface area contributed by atoms with Gasteiger partial charge in [-0.05, 0) is 56.4 Å². The molecule has 0 saturated carbocycles. The Kier molecular flexibility index (Phi) is 4.74. The van der Waals surface area contributed by atoms with Crippen LogP contribution in [0.1, 0.15) is 30.5 Å². The van der Waals surface area contributed by atoms with Gasteiger partial charge in [-0.1, -0.05) is 0 Å². The van der Waals surface area contributed by atoms with Gasteiger partial charge in [0.2, 0.25) is 0 Å². The topological polar surface area (TPSA) is 62.9 Å². The second kappa shape index (κ2) is 7.53. The lowest BCUT2D eigenvalue weighted by Crippen LogP contribution is -2.24. The quantitative estimate of drug-likeness (QED) is 0.668. The zero-order chi connectivity index (χ0) is 18.9. The second-order valence-electron chi connectivity index (χ2n) is 7.81. The average Bonchev–Trinajstić information content (AvgIpc) is 3.44. The minimum Gasteiger partial charge on any atom is -0.494 e. The van der Waals surface area contributed by atoms with Crippen LogP contribution in [-0.2, 0) is 12.8 Å².